The van der Waals surface area contributed by atoms with Gasteiger partial charge in [0.1, 0.15) is 12.0 Å². The molecule has 1 atom stereocenters. The Hall–Kier alpha value is -2.94. The van der Waals surface area contributed by atoms with Crippen LogP contribution in [0.3, 0.4) is 0 Å². The molecular weight excluding hydrogens is 380 g/mol. The van der Waals surface area contributed by atoms with Gasteiger partial charge in [-0.3, -0.25) is 9.59 Å². The van der Waals surface area contributed by atoms with Gasteiger partial charge in [-0.1, -0.05) is 0 Å². The van der Waals surface area contributed by atoms with Gasteiger partial charge in [-0.05, 0) is 25.5 Å². The van der Waals surface area contributed by atoms with E-state index in [2.05, 4.69) is 15.3 Å². The smallest absolute Gasteiger partial charge is 0.275 e. The number of ether oxygens (including phenoxy) is 1. The highest BCUT2D eigenvalue weighted by Crippen LogP contribution is 2.26. The standard InChI is InChI=1S/C19H20N4O4S/c1-11(24)20-13-5-6-23(8-13)19(25)16-9-27-18(22-16)10-26-14-3-4-17-15(7-14)21-12(2)28-17/h3-4,7,9,13H,5-6,8,10H2,1-2H3,(H,20,24)/t13-/m0/s1. The lowest BCUT2D eigenvalue weighted by Gasteiger charge is -2.15. The lowest BCUT2D eigenvalue weighted by Crippen LogP contribution is -2.37. The molecule has 1 N–H and O–H groups in total. The van der Waals surface area contributed by atoms with Crippen molar-refractivity contribution in [3.63, 3.8) is 0 Å². The Morgan fingerprint density at radius 2 is 2.25 bits per heavy atom. The average Bonchev–Trinajstić information content (AvgIpc) is 3.37. The van der Waals surface area contributed by atoms with E-state index in [1.165, 1.54) is 13.2 Å². The summed E-state index contributed by atoms with van der Waals surface area (Å²) in [4.78, 5) is 34.1. The Kier molecular flexibility index (Phi) is 4.99. The van der Waals surface area contributed by atoms with Crippen molar-refractivity contribution in [3.8, 4) is 5.75 Å². The predicted molar refractivity (Wildman–Crippen MR) is 103 cm³/mol. The van der Waals surface area contributed by atoms with Gasteiger partial charge >= 0.3 is 0 Å². The largest absolute Gasteiger partial charge is 0.484 e. The minimum absolute atomic E-state index is 0.0135. The third-order valence-corrected chi connectivity index (χ3v) is 5.43. The van der Waals surface area contributed by atoms with Crippen LogP contribution in [0.15, 0.2) is 28.9 Å². The van der Waals surface area contributed by atoms with E-state index in [0.717, 1.165) is 21.6 Å². The van der Waals surface area contributed by atoms with E-state index in [1.807, 2.05) is 25.1 Å². The Morgan fingerprint density at radius 3 is 3.07 bits per heavy atom. The van der Waals surface area contributed by atoms with E-state index in [9.17, 15) is 9.59 Å². The van der Waals surface area contributed by atoms with Gasteiger partial charge in [-0.2, -0.15) is 0 Å². The fraction of sp³-hybridized carbons (Fsp3) is 0.368. The summed E-state index contributed by atoms with van der Waals surface area (Å²) in [5.74, 6) is 0.700. The first-order chi connectivity index (χ1) is 13.5. The minimum Gasteiger partial charge on any atom is -0.484 e. The highest BCUT2D eigenvalue weighted by atomic mass is 32.1. The van der Waals surface area contributed by atoms with Crippen LogP contribution >= 0.6 is 11.3 Å². The van der Waals surface area contributed by atoms with E-state index in [-0.39, 0.29) is 30.2 Å². The first-order valence-electron chi connectivity index (χ1n) is 8.99. The summed E-state index contributed by atoms with van der Waals surface area (Å²) >= 11 is 1.63. The molecule has 8 nitrogen and oxygen atoms in total. The van der Waals surface area contributed by atoms with Crippen LogP contribution in [0.2, 0.25) is 0 Å². The molecule has 1 aromatic carbocycles. The maximum Gasteiger partial charge on any atom is 0.275 e. The number of nitrogens with one attached hydrogen (secondary N) is 1. The van der Waals surface area contributed by atoms with Crippen LogP contribution in [0.5, 0.6) is 5.75 Å². The zero-order valence-corrected chi connectivity index (χ0v) is 16.4. The molecule has 0 saturated carbocycles. The lowest BCUT2D eigenvalue weighted by molar-refractivity contribution is -0.119. The van der Waals surface area contributed by atoms with Crippen molar-refractivity contribution in [1.29, 1.82) is 0 Å². The number of hydrogen-bond donors (Lipinski definition) is 1. The van der Waals surface area contributed by atoms with E-state index >= 15 is 0 Å². The number of benzene rings is 1. The maximum atomic E-state index is 12.6. The Bertz CT molecular complexity index is 1030. The Balaban J connectivity index is 1.36. The number of hydrogen-bond acceptors (Lipinski definition) is 7. The van der Waals surface area contributed by atoms with Crippen molar-refractivity contribution < 1.29 is 18.7 Å². The number of aryl methyl sites for hydroxylation is 1. The average molecular weight is 400 g/mol. The van der Waals surface area contributed by atoms with Crippen molar-refractivity contribution >= 4 is 33.4 Å². The molecule has 4 rings (SSSR count). The molecule has 1 aliphatic heterocycles. The SMILES string of the molecule is CC(=O)N[C@H]1CCN(C(=O)c2coc(COc3ccc4sc(C)nc4c3)n2)C1. The number of rotatable bonds is 5. The molecule has 28 heavy (non-hydrogen) atoms. The highest BCUT2D eigenvalue weighted by Gasteiger charge is 2.29. The van der Waals surface area contributed by atoms with E-state index in [4.69, 9.17) is 9.15 Å². The van der Waals surface area contributed by atoms with Crippen LogP contribution in [0.1, 0.15) is 34.7 Å². The minimum atomic E-state index is -0.206. The summed E-state index contributed by atoms with van der Waals surface area (Å²) in [7, 11) is 0. The maximum absolute atomic E-state index is 12.6. The summed E-state index contributed by atoms with van der Waals surface area (Å²) in [5, 5.41) is 3.84. The Labute approximate surface area is 165 Å². The van der Waals surface area contributed by atoms with Crippen LogP contribution in [0, 0.1) is 6.92 Å². The number of carbonyl (C=O) groups excluding carboxylic acids is 2. The molecule has 0 aliphatic carbocycles. The second kappa shape index (κ2) is 7.59. The zero-order chi connectivity index (χ0) is 19.7. The van der Waals surface area contributed by atoms with Crippen LogP contribution in [-0.4, -0.2) is 45.8 Å². The predicted octanol–water partition coefficient (Wildman–Crippen LogP) is 2.52. The Morgan fingerprint density at radius 1 is 1.39 bits per heavy atom. The van der Waals surface area contributed by atoms with Gasteiger partial charge in [0, 0.05) is 32.1 Å². The monoisotopic (exact) mass is 400 g/mol. The molecule has 2 aromatic heterocycles. The number of thiazole rings is 1. The molecule has 2 amide bonds. The van der Waals surface area contributed by atoms with Crippen molar-refractivity contribution in [1.82, 2.24) is 20.2 Å². The van der Waals surface area contributed by atoms with Crippen molar-refractivity contribution in [2.45, 2.75) is 32.9 Å². The molecule has 0 spiro atoms. The second-order valence-corrected chi connectivity index (χ2v) is 7.95. The molecule has 1 fully saturated rings. The third-order valence-electron chi connectivity index (χ3n) is 4.48. The molecule has 3 heterocycles. The molecule has 1 saturated heterocycles. The van der Waals surface area contributed by atoms with Gasteiger partial charge < -0.3 is 19.4 Å². The summed E-state index contributed by atoms with van der Waals surface area (Å²) in [6, 6.07) is 5.71. The first kappa shape index (κ1) is 18.4. The van der Waals surface area contributed by atoms with Gasteiger partial charge in [0.15, 0.2) is 12.3 Å². The van der Waals surface area contributed by atoms with Gasteiger partial charge in [0.05, 0.1) is 15.2 Å². The fourth-order valence-electron chi connectivity index (χ4n) is 3.24. The molecule has 0 unspecified atom stereocenters. The van der Waals surface area contributed by atoms with E-state index in [1.54, 1.807) is 16.2 Å². The van der Waals surface area contributed by atoms with Crippen molar-refractivity contribution in [2.24, 2.45) is 0 Å². The van der Waals surface area contributed by atoms with Crippen LogP contribution in [-0.2, 0) is 11.4 Å². The molecule has 146 valence electrons. The van der Waals surface area contributed by atoms with Gasteiger partial charge in [0.2, 0.25) is 11.8 Å². The number of fused-ring (bicyclic) bond motifs is 1. The number of amides is 2. The number of nitrogens with zero attached hydrogens (tertiary/aromatic N) is 3. The first-order valence-corrected chi connectivity index (χ1v) is 9.80. The van der Waals surface area contributed by atoms with Crippen molar-refractivity contribution in [2.75, 3.05) is 13.1 Å². The highest BCUT2D eigenvalue weighted by molar-refractivity contribution is 7.18. The quantitative estimate of drug-likeness (QED) is 0.707. The fourth-order valence-corrected chi connectivity index (χ4v) is 4.05. The number of likely N-dealkylation sites (tertiary alicyclic amines) is 1. The zero-order valence-electron chi connectivity index (χ0n) is 15.6. The lowest BCUT2D eigenvalue weighted by atomic mass is 10.2. The summed E-state index contributed by atoms with van der Waals surface area (Å²) in [6.45, 7) is 4.62. The second-order valence-electron chi connectivity index (χ2n) is 6.71. The van der Waals surface area contributed by atoms with Crippen LogP contribution in [0.4, 0.5) is 0 Å². The third kappa shape index (κ3) is 3.99. The van der Waals surface area contributed by atoms with Crippen molar-refractivity contribution in [3.05, 3.63) is 41.1 Å². The summed E-state index contributed by atoms with van der Waals surface area (Å²) < 4.78 is 12.2. The molecule has 0 bridgehead atoms. The normalized spacial score (nSPS) is 16.5. The number of carbonyl (C=O) groups is 2. The molecule has 1 aliphatic rings. The molecule has 3 aromatic rings. The van der Waals surface area contributed by atoms with Gasteiger partial charge in [-0.25, -0.2) is 9.97 Å². The van der Waals surface area contributed by atoms with E-state index < -0.39 is 0 Å². The van der Waals surface area contributed by atoms with Gasteiger partial charge in [-0.15, -0.1) is 11.3 Å². The number of oxazole rings is 1. The van der Waals surface area contributed by atoms with Gasteiger partial charge in [0.25, 0.3) is 5.91 Å². The van der Waals surface area contributed by atoms with E-state index in [0.29, 0.717) is 24.7 Å². The summed E-state index contributed by atoms with van der Waals surface area (Å²) in [6.07, 6.45) is 2.08. The topological polar surface area (TPSA) is 97.6 Å². The van der Waals surface area contributed by atoms with Crippen LogP contribution < -0.4 is 10.1 Å². The number of aromatic nitrogens is 2. The van der Waals surface area contributed by atoms with Crippen LogP contribution in [0.25, 0.3) is 10.2 Å². The molecule has 9 heteroatoms. The molecular formula is C19H20N4O4S. The molecule has 0 radical (unpaired) electrons. The summed E-state index contributed by atoms with van der Waals surface area (Å²) in [5.41, 5.74) is 1.14.